The number of ether oxygens (including phenoxy) is 1. The summed E-state index contributed by atoms with van der Waals surface area (Å²) in [6.45, 7) is 7.13. The Labute approximate surface area is 177 Å². The fourth-order valence-corrected chi connectivity index (χ4v) is 5.41. The van der Waals surface area contributed by atoms with Gasteiger partial charge in [-0.05, 0) is 53.4 Å². The molecule has 0 amide bonds. The summed E-state index contributed by atoms with van der Waals surface area (Å²) in [6, 6.07) is 8.19. The number of likely N-dealkylation sites (tertiary alicyclic amines) is 1. The largest absolute Gasteiger partial charge is 0.380 e. The van der Waals surface area contributed by atoms with Crippen molar-refractivity contribution >= 4 is 32.3 Å². The Kier molecular flexibility index (Phi) is 4.06. The molecule has 1 N–H and O–H groups in total. The van der Waals surface area contributed by atoms with E-state index in [4.69, 9.17) is 9.72 Å². The van der Waals surface area contributed by atoms with Crippen molar-refractivity contribution in [1.29, 1.82) is 0 Å². The van der Waals surface area contributed by atoms with Crippen LogP contribution in [-0.2, 0) is 11.2 Å². The third kappa shape index (κ3) is 2.96. The summed E-state index contributed by atoms with van der Waals surface area (Å²) in [5, 5.41) is 3.80. The van der Waals surface area contributed by atoms with Crippen molar-refractivity contribution in [1.82, 2.24) is 19.9 Å². The predicted octanol–water partition coefficient (Wildman–Crippen LogP) is 3.38. The minimum Gasteiger partial charge on any atom is -0.380 e. The van der Waals surface area contributed by atoms with Crippen LogP contribution in [0.3, 0.4) is 0 Å². The van der Waals surface area contributed by atoms with E-state index < -0.39 is 0 Å². The first kappa shape index (κ1) is 18.2. The van der Waals surface area contributed by atoms with Crippen LogP contribution in [0.2, 0.25) is 0 Å². The quantitative estimate of drug-likeness (QED) is 0.550. The number of hydrogen-bond acceptors (Lipinski definition) is 6. The Morgan fingerprint density at radius 1 is 1.27 bits per heavy atom. The highest BCUT2D eigenvalue weighted by Crippen LogP contribution is 2.37. The molecule has 0 atom stereocenters. The first-order valence-corrected chi connectivity index (χ1v) is 11.1. The van der Waals surface area contributed by atoms with Gasteiger partial charge >= 0.3 is 0 Å². The van der Waals surface area contributed by atoms with Crippen molar-refractivity contribution in [2.45, 2.75) is 13.3 Å². The number of nitrogens with zero attached hydrogens (tertiary/aromatic N) is 3. The zero-order valence-corrected chi connectivity index (χ0v) is 17.6. The summed E-state index contributed by atoms with van der Waals surface area (Å²) in [5.74, 6) is 0.519. The molecule has 0 radical (unpaired) electrons. The molecular weight excluding hydrogens is 396 g/mol. The number of rotatable bonds is 4. The maximum absolute atomic E-state index is 12.9. The number of pyridine rings is 1. The maximum Gasteiger partial charge on any atom is 0.259 e. The van der Waals surface area contributed by atoms with Crippen LogP contribution in [0.1, 0.15) is 11.1 Å². The molecule has 2 saturated heterocycles. The molecule has 0 unspecified atom stereocenters. The van der Waals surface area contributed by atoms with Crippen LogP contribution in [-0.4, -0.2) is 52.7 Å². The Morgan fingerprint density at radius 2 is 2.13 bits per heavy atom. The molecule has 1 aromatic carbocycles. The molecule has 152 valence electrons. The molecule has 2 aliphatic heterocycles. The Hall–Kier alpha value is -2.61. The average molecular weight is 419 g/mol. The Balaban J connectivity index is 1.29. The molecule has 7 heteroatoms. The summed E-state index contributed by atoms with van der Waals surface area (Å²) in [4.78, 5) is 27.6. The molecular formula is C23H22N4O2S. The second-order valence-corrected chi connectivity index (χ2v) is 9.65. The van der Waals surface area contributed by atoms with Crippen LogP contribution in [0.25, 0.3) is 32.5 Å². The van der Waals surface area contributed by atoms with Gasteiger partial charge in [0.05, 0.1) is 28.8 Å². The number of aromatic nitrogens is 3. The Bertz CT molecular complexity index is 1330. The van der Waals surface area contributed by atoms with Crippen LogP contribution >= 0.6 is 11.3 Å². The van der Waals surface area contributed by atoms with Gasteiger partial charge in [0, 0.05) is 31.2 Å². The van der Waals surface area contributed by atoms with E-state index in [0.717, 1.165) is 60.4 Å². The van der Waals surface area contributed by atoms with E-state index in [0.29, 0.717) is 22.3 Å². The van der Waals surface area contributed by atoms with Crippen LogP contribution in [0.15, 0.2) is 40.6 Å². The lowest BCUT2D eigenvalue weighted by Gasteiger charge is -2.55. The number of thiophene rings is 1. The molecule has 0 aliphatic carbocycles. The molecule has 6 rings (SSSR count). The van der Waals surface area contributed by atoms with Gasteiger partial charge in [0.1, 0.15) is 5.69 Å². The SMILES string of the molecule is Cc1cc(CCN2CC3(COC3)C2)cc2c(=O)[nH]c(-c3cc4ccsc4cn3)nc12. The summed E-state index contributed by atoms with van der Waals surface area (Å²) in [6.07, 6.45) is 2.77. The highest BCUT2D eigenvalue weighted by atomic mass is 32.1. The molecule has 5 heterocycles. The van der Waals surface area contributed by atoms with Gasteiger partial charge in [-0.1, -0.05) is 6.07 Å². The van der Waals surface area contributed by atoms with Crippen molar-refractivity contribution in [2.75, 3.05) is 32.8 Å². The molecule has 0 saturated carbocycles. The minimum atomic E-state index is -0.110. The third-order valence-corrected chi connectivity index (χ3v) is 7.16. The van der Waals surface area contributed by atoms with Crippen molar-refractivity contribution in [3.63, 3.8) is 0 Å². The third-order valence-electron chi connectivity index (χ3n) is 6.29. The summed E-state index contributed by atoms with van der Waals surface area (Å²) in [7, 11) is 0. The lowest BCUT2D eigenvalue weighted by atomic mass is 9.78. The molecule has 0 bridgehead atoms. The van der Waals surface area contributed by atoms with Crippen molar-refractivity contribution in [2.24, 2.45) is 5.41 Å². The fraction of sp³-hybridized carbons (Fsp3) is 0.348. The average Bonchev–Trinajstić information content (AvgIpc) is 3.14. The Morgan fingerprint density at radius 3 is 2.93 bits per heavy atom. The van der Waals surface area contributed by atoms with Crippen molar-refractivity contribution < 1.29 is 4.74 Å². The highest BCUT2D eigenvalue weighted by molar-refractivity contribution is 7.17. The van der Waals surface area contributed by atoms with Crippen LogP contribution in [0.4, 0.5) is 0 Å². The number of hydrogen-bond donors (Lipinski definition) is 1. The zero-order chi connectivity index (χ0) is 20.3. The lowest BCUT2D eigenvalue weighted by Crippen LogP contribution is -2.66. The first-order valence-electron chi connectivity index (χ1n) is 10.3. The number of aryl methyl sites for hydroxylation is 1. The van der Waals surface area contributed by atoms with Gasteiger partial charge < -0.3 is 14.6 Å². The van der Waals surface area contributed by atoms with E-state index in [1.54, 1.807) is 11.3 Å². The van der Waals surface area contributed by atoms with Crippen molar-refractivity contribution in [3.8, 4) is 11.5 Å². The predicted molar refractivity (Wildman–Crippen MR) is 119 cm³/mol. The summed E-state index contributed by atoms with van der Waals surface area (Å²) in [5.41, 5.74) is 3.98. The highest BCUT2D eigenvalue weighted by Gasteiger charge is 2.48. The molecule has 4 aromatic rings. The molecule has 2 fully saturated rings. The van der Waals surface area contributed by atoms with Gasteiger partial charge in [0.15, 0.2) is 5.82 Å². The number of aromatic amines is 1. The molecule has 30 heavy (non-hydrogen) atoms. The van der Waals surface area contributed by atoms with E-state index in [2.05, 4.69) is 27.0 Å². The monoisotopic (exact) mass is 418 g/mol. The summed E-state index contributed by atoms with van der Waals surface area (Å²) < 4.78 is 6.48. The second kappa shape index (κ2) is 6.70. The van der Waals surface area contributed by atoms with Crippen LogP contribution in [0.5, 0.6) is 0 Å². The van der Waals surface area contributed by atoms with E-state index in [1.165, 1.54) is 5.56 Å². The number of nitrogens with one attached hydrogen (secondary N) is 1. The van der Waals surface area contributed by atoms with Gasteiger partial charge in [0.25, 0.3) is 5.56 Å². The number of benzene rings is 1. The maximum atomic E-state index is 12.9. The lowest BCUT2D eigenvalue weighted by molar-refractivity contribution is -0.188. The molecule has 2 aliphatic rings. The van der Waals surface area contributed by atoms with E-state index in [1.807, 2.05) is 30.6 Å². The zero-order valence-electron chi connectivity index (χ0n) is 16.8. The number of H-pyrrole nitrogens is 1. The second-order valence-electron chi connectivity index (χ2n) is 8.70. The van der Waals surface area contributed by atoms with E-state index in [9.17, 15) is 4.79 Å². The topological polar surface area (TPSA) is 71.1 Å². The van der Waals surface area contributed by atoms with Gasteiger partial charge in [-0.2, -0.15) is 0 Å². The van der Waals surface area contributed by atoms with Crippen LogP contribution < -0.4 is 5.56 Å². The minimum absolute atomic E-state index is 0.110. The smallest absolute Gasteiger partial charge is 0.259 e. The fourth-order valence-electron chi connectivity index (χ4n) is 4.67. The molecule has 3 aromatic heterocycles. The van der Waals surface area contributed by atoms with Gasteiger partial charge in [-0.3, -0.25) is 9.78 Å². The molecule has 6 nitrogen and oxygen atoms in total. The van der Waals surface area contributed by atoms with Gasteiger partial charge in [-0.25, -0.2) is 4.98 Å². The van der Waals surface area contributed by atoms with E-state index in [-0.39, 0.29) is 5.56 Å². The van der Waals surface area contributed by atoms with Gasteiger partial charge in [-0.15, -0.1) is 11.3 Å². The van der Waals surface area contributed by atoms with Crippen LogP contribution in [0, 0.1) is 12.3 Å². The van der Waals surface area contributed by atoms with E-state index >= 15 is 0 Å². The molecule has 1 spiro atoms. The normalized spacial score (nSPS) is 18.0. The number of fused-ring (bicyclic) bond motifs is 2. The van der Waals surface area contributed by atoms with Gasteiger partial charge in [0.2, 0.25) is 0 Å². The first-order chi connectivity index (χ1) is 14.6. The van der Waals surface area contributed by atoms with Crippen molar-refractivity contribution in [3.05, 3.63) is 57.3 Å². The summed E-state index contributed by atoms with van der Waals surface area (Å²) >= 11 is 1.65. The standard InChI is InChI=1S/C23H22N4O2S/c1-14-6-15(2-4-27-10-23(11-27)12-29-13-23)7-17-20(14)25-21(26-22(17)28)18-8-16-3-5-30-19(16)9-24-18/h3,5-9H,2,4,10-13H2,1H3,(H,25,26,28).